The molecule has 1 aliphatic rings. The van der Waals surface area contributed by atoms with Gasteiger partial charge >= 0.3 is 0 Å². The first kappa shape index (κ1) is 9.71. The van der Waals surface area contributed by atoms with Crippen molar-refractivity contribution in [2.24, 2.45) is 4.99 Å². The molecule has 4 nitrogen and oxygen atoms in total. The second-order valence-electron chi connectivity index (χ2n) is 3.94. The predicted molar refractivity (Wildman–Crippen MR) is 62.7 cm³/mol. The van der Waals surface area contributed by atoms with Gasteiger partial charge in [-0.1, -0.05) is 19.1 Å². The Morgan fingerprint density at radius 2 is 2.13 bits per heavy atom. The van der Waals surface area contributed by atoms with Crippen molar-refractivity contribution < 1.29 is 0 Å². The highest BCUT2D eigenvalue weighted by Crippen LogP contribution is 2.33. The van der Waals surface area contributed by atoms with Crippen LogP contribution in [0.5, 0.6) is 0 Å². The van der Waals surface area contributed by atoms with E-state index in [1.54, 1.807) is 12.3 Å². The Morgan fingerprint density at radius 1 is 1.33 bits per heavy atom. The van der Waals surface area contributed by atoms with Crippen LogP contribution in [-0.4, -0.2) is 11.2 Å². The highest BCUT2D eigenvalue weighted by molar-refractivity contribution is 5.66. The summed E-state index contributed by atoms with van der Waals surface area (Å²) in [4.78, 5) is 8.12. The molecule has 0 bridgehead atoms. The first-order chi connectivity index (χ1) is 7.12. The monoisotopic (exact) mass is 202 g/mol. The smallest absolute Gasteiger partial charge is 0.129 e. The minimum absolute atomic E-state index is 0.119. The van der Waals surface area contributed by atoms with Crippen LogP contribution in [0.1, 0.15) is 18.9 Å². The lowest BCUT2D eigenvalue weighted by atomic mass is 9.79. The van der Waals surface area contributed by atoms with Crippen LogP contribution in [0.3, 0.4) is 0 Å². The summed E-state index contributed by atoms with van der Waals surface area (Å²) in [6.07, 6.45) is 6.55. The zero-order valence-electron chi connectivity index (χ0n) is 8.64. The molecule has 4 heteroatoms. The Bertz CT molecular complexity index is 436. The maximum absolute atomic E-state index is 5.87. The fraction of sp³-hybridized carbons (Fsp3) is 0.273. The molecule has 0 saturated carbocycles. The van der Waals surface area contributed by atoms with E-state index in [1.807, 2.05) is 18.4 Å². The molecule has 0 saturated heterocycles. The fourth-order valence-corrected chi connectivity index (χ4v) is 1.75. The summed E-state index contributed by atoms with van der Waals surface area (Å²) >= 11 is 0. The Kier molecular flexibility index (Phi) is 2.19. The molecule has 1 unspecified atom stereocenters. The Hall–Kier alpha value is -1.84. The summed E-state index contributed by atoms with van der Waals surface area (Å²) in [5.41, 5.74) is 12.3. The summed E-state index contributed by atoms with van der Waals surface area (Å²) in [6.45, 7) is 2.11. The van der Waals surface area contributed by atoms with Crippen LogP contribution < -0.4 is 11.5 Å². The van der Waals surface area contributed by atoms with Gasteiger partial charge in [0.2, 0.25) is 0 Å². The average Bonchev–Trinajstić information content (AvgIpc) is 2.18. The zero-order valence-corrected chi connectivity index (χ0v) is 8.64. The molecule has 0 amide bonds. The van der Waals surface area contributed by atoms with Crippen molar-refractivity contribution >= 4 is 17.9 Å². The van der Waals surface area contributed by atoms with Crippen molar-refractivity contribution in [2.45, 2.75) is 18.8 Å². The number of aliphatic imine (C=N–C) groups is 1. The number of hydrogen-bond acceptors (Lipinski definition) is 4. The molecule has 1 aliphatic heterocycles. The van der Waals surface area contributed by atoms with Gasteiger partial charge in [0.15, 0.2) is 0 Å². The van der Waals surface area contributed by atoms with Crippen LogP contribution in [0.4, 0.5) is 11.6 Å². The number of anilines is 2. The summed E-state index contributed by atoms with van der Waals surface area (Å²) in [7, 11) is 0. The van der Waals surface area contributed by atoms with Gasteiger partial charge in [-0.3, -0.25) is 4.99 Å². The van der Waals surface area contributed by atoms with E-state index in [2.05, 4.69) is 16.9 Å². The standard InChI is InChI=1S/C11H14N4/c1-11(4-6-14-7-5-11)8-2-3-9(12)15-10(8)13/h2-4,6-7H,5H2,1H3,(H4,12,13,15). The number of rotatable bonds is 1. The molecule has 15 heavy (non-hydrogen) atoms. The lowest BCUT2D eigenvalue weighted by Crippen LogP contribution is -2.23. The van der Waals surface area contributed by atoms with Gasteiger partial charge in [0.25, 0.3) is 0 Å². The van der Waals surface area contributed by atoms with Gasteiger partial charge in [-0.15, -0.1) is 0 Å². The average molecular weight is 202 g/mol. The maximum atomic E-state index is 5.87. The molecule has 0 aromatic carbocycles. The second-order valence-corrected chi connectivity index (χ2v) is 3.94. The zero-order chi connectivity index (χ0) is 10.9. The Morgan fingerprint density at radius 3 is 2.73 bits per heavy atom. The van der Waals surface area contributed by atoms with Crippen LogP contribution in [0.25, 0.3) is 0 Å². The van der Waals surface area contributed by atoms with Gasteiger partial charge in [-0.2, -0.15) is 0 Å². The van der Waals surface area contributed by atoms with E-state index in [0.29, 0.717) is 11.6 Å². The van der Waals surface area contributed by atoms with E-state index in [-0.39, 0.29) is 5.41 Å². The van der Waals surface area contributed by atoms with Crippen LogP contribution >= 0.6 is 0 Å². The number of allylic oxidation sites excluding steroid dienone is 1. The lowest BCUT2D eigenvalue weighted by molar-refractivity contribution is 0.621. The number of nitrogens with zero attached hydrogens (tertiary/aromatic N) is 2. The molecule has 0 radical (unpaired) electrons. The third-order valence-corrected chi connectivity index (χ3v) is 2.71. The van der Waals surface area contributed by atoms with Gasteiger partial charge in [-0.05, 0) is 12.5 Å². The molecule has 2 rings (SSSR count). The molecule has 1 aromatic rings. The maximum Gasteiger partial charge on any atom is 0.129 e. The van der Waals surface area contributed by atoms with Crippen molar-refractivity contribution in [1.29, 1.82) is 0 Å². The van der Waals surface area contributed by atoms with Crippen LogP contribution in [-0.2, 0) is 5.41 Å². The topological polar surface area (TPSA) is 77.3 Å². The molecule has 1 atom stereocenters. The second kappa shape index (κ2) is 3.38. The highest BCUT2D eigenvalue weighted by atomic mass is 14.9. The van der Waals surface area contributed by atoms with Crippen molar-refractivity contribution in [3.63, 3.8) is 0 Å². The van der Waals surface area contributed by atoms with Crippen molar-refractivity contribution in [3.8, 4) is 0 Å². The van der Waals surface area contributed by atoms with E-state index < -0.39 is 0 Å². The summed E-state index contributed by atoms with van der Waals surface area (Å²) in [6, 6.07) is 3.71. The number of hydrogen-bond donors (Lipinski definition) is 2. The minimum atomic E-state index is -0.119. The number of pyridine rings is 1. The van der Waals surface area contributed by atoms with E-state index >= 15 is 0 Å². The first-order valence-corrected chi connectivity index (χ1v) is 4.84. The van der Waals surface area contributed by atoms with Gasteiger partial charge < -0.3 is 11.5 Å². The molecule has 2 heterocycles. The highest BCUT2D eigenvalue weighted by Gasteiger charge is 2.26. The number of nitrogens with two attached hydrogens (primary N) is 2. The van der Waals surface area contributed by atoms with Gasteiger partial charge in [0.1, 0.15) is 11.6 Å². The number of nitrogen functional groups attached to an aromatic ring is 2. The van der Waals surface area contributed by atoms with E-state index in [0.717, 1.165) is 12.0 Å². The fourth-order valence-electron chi connectivity index (χ4n) is 1.75. The Balaban J connectivity index is 2.45. The summed E-state index contributed by atoms with van der Waals surface area (Å²) < 4.78 is 0. The largest absolute Gasteiger partial charge is 0.384 e. The van der Waals surface area contributed by atoms with E-state index in [9.17, 15) is 0 Å². The van der Waals surface area contributed by atoms with Gasteiger partial charge in [0.05, 0.1) is 0 Å². The van der Waals surface area contributed by atoms with Crippen LogP contribution in [0, 0.1) is 0 Å². The van der Waals surface area contributed by atoms with Crippen LogP contribution in [0.2, 0.25) is 0 Å². The summed E-state index contributed by atoms with van der Waals surface area (Å²) in [5, 5.41) is 0. The minimum Gasteiger partial charge on any atom is -0.384 e. The lowest BCUT2D eigenvalue weighted by Gasteiger charge is -2.27. The quantitative estimate of drug-likeness (QED) is 0.724. The number of aromatic nitrogens is 1. The molecule has 4 N–H and O–H groups in total. The molecule has 1 aromatic heterocycles. The molecule has 0 spiro atoms. The predicted octanol–water partition coefficient (Wildman–Crippen LogP) is 1.49. The first-order valence-electron chi connectivity index (χ1n) is 4.84. The SMILES string of the molecule is CC1(c2ccc(N)nc2N)C=CN=CC1. The van der Waals surface area contributed by atoms with E-state index in [4.69, 9.17) is 11.5 Å². The van der Waals surface area contributed by atoms with Crippen molar-refractivity contribution in [3.05, 3.63) is 30.0 Å². The van der Waals surface area contributed by atoms with Crippen molar-refractivity contribution in [1.82, 2.24) is 4.98 Å². The third kappa shape index (κ3) is 1.70. The third-order valence-electron chi connectivity index (χ3n) is 2.71. The van der Waals surface area contributed by atoms with Crippen molar-refractivity contribution in [2.75, 3.05) is 11.5 Å². The molecular weight excluding hydrogens is 188 g/mol. The normalized spacial score (nSPS) is 24.3. The van der Waals surface area contributed by atoms with Crippen LogP contribution in [0.15, 0.2) is 29.4 Å². The molecular formula is C11H14N4. The molecule has 78 valence electrons. The summed E-state index contributed by atoms with van der Waals surface area (Å²) in [5.74, 6) is 0.950. The van der Waals surface area contributed by atoms with E-state index in [1.165, 1.54) is 0 Å². The Labute approximate surface area is 88.7 Å². The molecule has 0 aliphatic carbocycles. The van der Waals surface area contributed by atoms with Gasteiger partial charge in [0, 0.05) is 23.4 Å². The molecule has 0 fully saturated rings. The van der Waals surface area contributed by atoms with Gasteiger partial charge in [-0.25, -0.2) is 4.98 Å².